The average Bonchev–Trinajstić information content (AvgIpc) is 3.34. The normalized spacial score (nSPS) is 18.6. The molecule has 1 heterocycles. The van der Waals surface area contributed by atoms with E-state index in [9.17, 15) is 23.2 Å². The van der Waals surface area contributed by atoms with Crippen molar-refractivity contribution in [3.63, 3.8) is 0 Å². The Balaban J connectivity index is 1.72. The summed E-state index contributed by atoms with van der Waals surface area (Å²) in [5.41, 5.74) is 1.46. The number of halogens is 2. The minimum Gasteiger partial charge on any atom is -0.497 e. The van der Waals surface area contributed by atoms with Gasteiger partial charge in [-0.05, 0) is 73.0 Å². The Hall–Kier alpha value is -4.27. The van der Waals surface area contributed by atoms with Crippen LogP contribution in [0.1, 0.15) is 40.9 Å². The molecule has 3 aromatic carbocycles. The van der Waals surface area contributed by atoms with Gasteiger partial charge in [-0.2, -0.15) is 0 Å². The van der Waals surface area contributed by atoms with E-state index in [0.29, 0.717) is 16.9 Å². The Labute approximate surface area is 219 Å². The van der Waals surface area contributed by atoms with E-state index in [2.05, 4.69) is 5.32 Å². The fourth-order valence-electron chi connectivity index (χ4n) is 4.69. The summed E-state index contributed by atoms with van der Waals surface area (Å²) in [5, 5.41) is 2.80. The first-order valence-corrected chi connectivity index (χ1v) is 12.2. The molecule has 0 bridgehead atoms. The molecule has 1 aliphatic rings. The van der Waals surface area contributed by atoms with Crippen LogP contribution in [-0.2, 0) is 20.9 Å². The number of carbonyl (C=O) groups is 3. The second-order valence-corrected chi connectivity index (χ2v) is 8.89. The van der Waals surface area contributed by atoms with Crippen LogP contribution in [0.25, 0.3) is 0 Å². The fraction of sp³-hybridized carbons (Fsp3) is 0.276. The van der Waals surface area contributed by atoms with Crippen LogP contribution in [-0.4, -0.2) is 42.4 Å². The summed E-state index contributed by atoms with van der Waals surface area (Å²) in [6, 6.07) is 15.7. The summed E-state index contributed by atoms with van der Waals surface area (Å²) >= 11 is 0. The van der Waals surface area contributed by atoms with E-state index in [0.717, 1.165) is 12.1 Å². The molecule has 1 aliphatic heterocycles. The zero-order valence-corrected chi connectivity index (χ0v) is 21.0. The Morgan fingerprint density at radius 3 is 2.11 bits per heavy atom. The number of methoxy groups -OCH3 is 1. The van der Waals surface area contributed by atoms with Gasteiger partial charge in [0.15, 0.2) is 0 Å². The van der Waals surface area contributed by atoms with Gasteiger partial charge in [0.1, 0.15) is 23.4 Å². The Morgan fingerprint density at radius 1 is 0.921 bits per heavy atom. The highest BCUT2D eigenvalue weighted by molar-refractivity contribution is 5.99. The van der Waals surface area contributed by atoms with Crippen LogP contribution < -0.4 is 10.1 Å². The Bertz CT molecular complexity index is 1280. The number of benzene rings is 3. The molecule has 38 heavy (non-hydrogen) atoms. The molecular weight excluding hydrogens is 494 g/mol. The van der Waals surface area contributed by atoms with Crippen molar-refractivity contribution in [3.8, 4) is 5.75 Å². The zero-order valence-electron chi connectivity index (χ0n) is 21.0. The van der Waals surface area contributed by atoms with Crippen LogP contribution in [0.4, 0.5) is 8.78 Å². The quantitative estimate of drug-likeness (QED) is 0.443. The van der Waals surface area contributed by atoms with Gasteiger partial charge in [-0.15, -0.1) is 0 Å². The minimum absolute atomic E-state index is 0.0255. The van der Waals surface area contributed by atoms with E-state index < -0.39 is 47.4 Å². The third-order valence-electron chi connectivity index (χ3n) is 6.55. The van der Waals surface area contributed by atoms with Gasteiger partial charge >= 0.3 is 5.97 Å². The highest BCUT2D eigenvalue weighted by Crippen LogP contribution is 2.43. The highest BCUT2D eigenvalue weighted by Gasteiger charge is 2.51. The van der Waals surface area contributed by atoms with E-state index in [1.54, 1.807) is 43.3 Å². The van der Waals surface area contributed by atoms with Crippen LogP contribution >= 0.6 is 0 Å². The predicted molar refractivity (Wildman–Crippen MR) is 135 cm³/mol. The van der Waals surface area contributed by atoms with Gasteiger partial charge in [-0.3, -0.25) is 14.4 Å². The lowest BCUT2D eigenvalue weighted by Crippen LogP contribution is -2.46. The predicted octanol–water partition coefficient (Wildman–Crippen LogP) is 4.42. The van der Waals surface area contributed by atoms with Crippen LogP contribution in [0.15, 0.2) is 72.8 Å². The lowest BCUT2D eigenvalue weighted by Gasteiger charge is -2.31. The van der Waals surface area contributed by atoms with E-state index in [1.165, 1.54) is 36.3 Å². The number of nitrogens with one attached hydrogen (secondary N) is 1. The lowest BCUT2D eigenvalue weighted by atomic mass is 9.92. The largest absolute Gasteiger partial charge is 0.497 e. The molecular formula is C29H28F2N2O5. The van der Waals surface area contributed by atoms with Crippen molar-refractivity contribution >= 4 is 17.8 Å². The average molecular weight is 523 g/mol. The highest BCUT2D eigenvalue weighted by atomic mass is 19.1. The van der Waals surface area contributed by atoms with E-state index in [4.69, 9.17) is 9.47 Å². The molecule has 2 amide bonds. The summed E-state index contributed by atoms with van der Waals surface area (Å²) in [7, 11) is 1.53. The van der Waals surface area contributed by atoms with Gasteiger partial charge in [-0.25, -0.2) is 8.78 Å². The molecule has 3 aromatic rings. The maximum Gasteiger partial charge on any atom is 0.311 e. The second-order valence-electron chi connectivity index (χ2n) is 8.89. The second kappa shape index (κ2) is 11.9. The Morgan fingerprint density at radius 2 is 1.53 bits per heavy atom. The van der Waals surface area contributed by atoms with Crippen molar-refractivity contribution in [1.29, 1.82) is 0 Å². The molecule has 7 nitrogen and oxygen atoms in total. The third-order valence-corrected chi connectivity index (χ3v) is 6.55. The number of esters is 1. The molecule has 1 N–H and O–H groups in total. The van der Waals surface area contributed by atoms with Crippen molar-refractivity contribution in [1.82, 2.24) is 10.2 Å². The van der Waals surface area contributed by atoms with Gasteiger partial charge < -0.3 is 19.7 Å². The Kier molecular flexibility index (Phi) is 8.35. The molecule has 0 saturated carbocycles. The van der Waals surface area contributed by atoms with Gasteiger partial charge in [-0.1, -0.05) is 24.3 Å². The molecule has 4 rings (SSSR count). The summed E-state index contributed by atoms with van der Waals surface area (Å²) < 4.78 is 37.5. The van der Waals surface area contributed by atoms with Crippen LogP contribution in [0, 0.1) is 17.6 Å². The first-order valence-electron chi connectivity index (χ1n) is 12.2. The lowest BCUT2D eigenvalue weighted by molar-refractivity contribution is -0.148. The SMILES string of the molecule is CCOC(=O)C1CC(C(=O)NCc2ccc(F)cc2)N(C(=O)c2ccc(F)cc2)C1c1ccc(OC)cc1. The molecule has 3 unspecified atom stereocenters. The van der Waals surface area contributed by atoms with Crippen LogP contribution in [0.3, 0.4) is 0 Å². The van der Waals surface area contributed by atoms with Gasteiger partial charge in [0.2, 0.25) is 5.91 Å². The fourth-order valence-corrected chi connectivity index (χ4v) is 4.69. The first-order chi connectivity index (χ1) is 18.3. The van der Waals surface area contributed by atoms with Crippen molar-refractivity contribution < 1.29 is 32.6 Å². The minimum atomic E-state index is -1.02. The van der Waals surface area contributed by atoms with Crippen LogP contribution in [0.5, 0.6) is 5.75 Å². The number of likely N-dealkylation sites (tertiary alicyclic amines) is 1. The van der Waals surface area contributed by atoms with Crippen molar-refractivity contribution in [2.45, 2.75) is 32.0 Å². The number of carbonyl (C=O) groups excluding carboxylic acids is 3. The molecule has 1 fully saturated rings. The van der Waals surface area contributed by atoms with E-state index in [-0.39, 0.29) is 25.1 Å². The summed E-state index contributed by atoms with van der Waals surface area (Å²) in [6.07, 6.45) is 0.0255. The summed E-state index contributed by atoms with van der Waals surface area (Å²) in [6.45, 7) is 1.92. The number of hydrogen-bond acceptors (Lipinski definition) is 5. The molecule has 0 radical (unpaired) electrons. The number of nitrogens with zero attached hydrogens (tertiary/aromatic N) is 1. The third kappa shape index (κ3) is 5.82. The topological polar surface area (TPSA) is 84.9 Å². The smallest absolute Gasteiger partial charge is 0.311 e. The van der Waals surface area contributed by atoms with Crippen molar-refractivity contribution in [3.05, 3.63) is 101 Å². The molecule has 0 aromatic heterocycles. The van der Waals surface area contributed by atoms with Gasteiger partial charge in [0.25, 0.3) is 5.91 Å². The number of ether oxygens (including phenoxy) is 2. The first kappa shape index (κ1) is 26.8. The number of rotatable bonds is 8. The molecule has 1 saturated heterocycles. The molecule has 0 aliphatic carbocycles. The maximum atomic E-state index is 13.8. The number of hydrogen-bond donors (Lipinski definition) is 1. The standard InChI is InChI=1S/C29H28F2N2O5/c1-3-38-29(36)24-16-25(27(34)32-17-18-4-10-21(30)11-5-18)33(28(35)20-6-12-22(31)13-7-20)26(24)19-8-14-23(37-2)15-9-19/h4-15,24-26H,3,16-17H2,1-2H3,(H,32,34). The molecule has 0 spiro atoms. The van der Waals surface area contributed by atoms with Gasteiger partial charge in [0.05, 0.1) is 25.7 Å². The summed E-state index contributed by atoms with van der Waals surface area (Å²) in [5.74, 6) is -2.67. The monoisotopic (exact) mass is 522 g/mol. The van der Waals surface area contributed by atoms with E-state index >= 15 is 0 Å². The molecule has 198 valence electrons. The van der Waals surface area contributed by atoms with E-state index in [1.807, 2.05) is 0 Å². The number of amides is 2. The van der Waals surface area contributed by atoms with Crippen molar-refractivity contribution in [2.75, 3.05) is 13.7 Å². The maximum absolute atomic E-state index is 13.8. The molecule has 3 atom stereocenters. The van der Waals surface area contributed by atoms with Crippen LogP contribution in [0.2, 0.25) is 0 Å². The summed E-state index contributed by atoms with van der Waals surface area (Å²) in [4.78, 5) is 41.8. The zero-order chi connectivity index (χ0) is 27.2. The molecule has 9 heteroatoms. The van der Waals surface area contributed by atoms with Gasteiger partial charge in [0, 0.05) is 12.1 Å². The van der Waals surface area contributed by atoms with Crippen molar-refractivity contribution in [2.24, 2.45) is 5.92 Å².